The first kappa shape index (κ1) is 25.3. The summed E-state index contributed by atoms with van der Waals surface area (Å²) < 4.78 is 20.8. The van der Waals surface area contributed by atoms with E-state index in [1.807, 2.05) is 0 Å². The minimum Gasteiger partial charge on any atom is -0.507 e. The Kier molecular flexibility index (Phi) is 7.15. The van der Waals surface area contributed by atoms with Crippen LogP contribution in [0.4, 0.5) is 5.69 Å². The van der Waals surface area contributed by atoms with Crippen molar-refractivity contribution in [3.63, 3.8) is 0 Å². The minimum atomic E-state index is -1.02. The molecule has 0 spiro atoms. The quantitative estimate of drug-likeness (QED) is 0.222. The molecule has 1 aliphatic heterocycles. The van der Waals surface area contributed by atoms with Gasteiger partial charge in [-0.15, -0.1) is 0 Å². The van der Waals surface area contributed by atoms with E-state index in [4.69, 9.17) is 18.9 Å². The zero-order chi connectivity index (χ0) is 26.7. The van der Waals surface area contributed by atoms with E-state index in [1.54, 1.807) is 48.5 Å². The molecular formula is C28H25NO8. The third-order valence-corrected chi connectivity index (χ3v) is 6.06. The fraction of sp³-hybridized carbons (Fsp3) is 0.179. The molecule has 4 rings (SSSR count). The number of ether oxygens (including phenoxy) is 4. The number of hydrogen-bond donors (Lipinski definition) is 1. The van der Waals surface area contributed by atoms with E-state index in [9.17, 15) is 19.5 Å². The first-order valence-electron chi connectivity index (χ1n) is 11.2. The number of anilines is 1. The van der Waals surface area contributed by atoms with Crippen molar-refractivity contribution < 1.29 is 38.4 Å². The molecule has 0 aromatic heterocycles. The highest BCUT2D eigenvalue weighted by atomic mass is 16.5. The molecule has 0 bridgehead atoms. The van der Waals surface area contributed by atoms with Gasteiger partial charge in [0.05, 0.1) is 45.6 Å². The molecule has 37 heavy (non-hydrogen) atoms. The lowest BCUT2D eigenvalue weighted by Crippen LogP contribution is -2.29. The van der Waals surface area contributed by atoms with E-state index in [0.717, 1.165) is 0 Å². The van der Waals surface area contributed by atoms with Crippen LogP contribution in [-0.4, -0.2) is 51.2 Å². The molecule has 1 unspecified atom stereocenters. The molecule has 1 amide bonds. The van der Waals surface area contributed by atoms with Crippen LogP contribution in [-0.2, 0) is 14.3 Å². The van der Waals surface area contributed by atoms with Crippen molar-refractivity contribution >= 4 is 29.1 Å². The van der Waals surface area contributed by atoms with E-state index in [-0.39, 0.29) is 22.4 Å². The molecule has 190 valence electrons. The van der Waals surface area contributed by atoms with E-state index < -0.39 is 29.5 Å². The van der Waals surface area contributed by atoms with Crippen molar-refractivity contribution in [2.24, 2.45) is 0 Å². The standard InChI is InChI=1S/C28H25NO8/c1-34-20-10-6-7-16(14-20)24-23(25(30)17-11-12-21(35-2)22(15-17)36-3)26(31)27(32)29(24)19-9-5-8-18(13-19)28(33)37-4/h5-15,24,30H,1-4H3/b25-23+. The lowest BCUT2D eigenvalue weighted by atomic mass is 9.94. The van der Waals surface area contributed by atoms with Gasteiger partial charge in [0.25, 0.3) is 11.7 Å². The van der Waals surface area contributed by atoms with E-state index >= 15 is 0 Å². The SMILES string of the molecule is COC(=O)c1cccc(N2C(=O)C(=O)/C(=C(/O)c3ccc(OC)c(OC)c3)C2c2cccc(OC)c2)c1. The van der Waals surface area contributed by atoms with Crippen molar-refractivity contribution in [2.75, 3.05) is 33.3 Å². The Hall–Kier alpha value is -4.79. The number of hydrogen-bond acceptors (Lipinski definition) is 8. The zero-order valence-electron chi connectivity index (χ0n) is 20.7. The van der Waals surface area contributed by atoms with Gasteiger partial charge < -0.3 is 24.1 Å². The van der Waals surface area contributed by atoms with Crippen LogP contribution in [0.2, 0.25) is 0 Å². The van der Waals surface area contributed by atoms with Gasteiger partial charge in [0.15, 0.2) is 11.5 Å². The second-order valence-electron chi connectivity index (χ2n) is 8.06. The predicted octanol–water partition coefficient (Wildman–Crippen LogP) is 4.13. The number of ketones is 1. The molecule has 9 nitrogen and oxygen atoms in total. The summed E-state index contributed by atoms with van der Waals surface area (Å²) >= 11 is 0. The summed E-state index contributed by atoms with van der Waals surface area (Å²) in [5.41, 5.74) is 1.13. The monoisotopic (exact) mass is 503 g/mol. The first-order valence-corrected chi connectivity index (χ1v) is 11.2. The van der Waals surface area contributed by atoms with E-state index in [2.05, 4.69) is 0 Å². The molecule has 0 aliphatic carbocycles. The van der Waals surface area contributed by atoms with Gasteiger partial charge in [-0.1, -0.05) is 18.2 Å². The van der Waals surface area contributed by atoms with Crippen LogP contribution in [0.5, 0.6) is 17.2 Å². The Morgan fingerprint density at radius 3 is 2.22 bits per heavy atom. The van der Waals surface area contributed by atoms with Crippen LogP contribution in [0, 0.1) is 0 Å². The number of Topliss-reactive ketones (excluding diaryl/α,β-unsaturated/α-hetero) is 1. The smallest absolute Gasteiger partial charge is 0.337 e. The Balaban J connectivity index is 1.95. The van der Waals surface area contributed by atoms with Crippen molar-refractivity contribution in [3.05, 3.63) is 89.0 Å². The maximum atomic E-state index is 13.4. The minimum absolute atomic E-state index is 0.131. The topological polar surface area (TPSA) is 112 Å². The maximum absolute atomic E-state index is 13.4. The molecule has 1 N–H and O–H groups in total. The Bertz CT molecular complexity index is 1410. The van der Waals surface area contributed by atoms with Gasteiger partial charge in [0.1, 0.15) is 11.5 Å². The predicted molar refractivity (Wildman–Crippen MR) is 135 cm³/mol. The number of carbonyl (C=O) groups is 3. The summed E-state index contributed by atoms with van der Waals surface area (Å²) in [5, 5.41) is 11.4. The van der Waals surface area contributed by atoms with Crippen LogP contribution >= 0.6 is 0 Å². The highest BCUT2D eigenvalue weighted by Gasteiger charge is 2.47. The summed E-state index contributed by atoms with van der Waals surface area (Å²) in [6, 6.07) is 16.7. The molecule has 1 heterocycles. The Labute approximate surface area is 213 Å². The fourth-order valence-electron chi connectivity index (χ4n) is 4.27. The van der Waals surface area contributed by atoms with Gasteiger partial charge in [0, 0.05) is 11.3 Å². The second-order valence-corrected chi connectivity index (χ2v) is 8.06. The lowest BCUT2D eigenvalue weighted by Gasteiger charge is -2.26. The second kappa shape index (κ2) is 10.4. The third kappa shape index (κ3) is 4.58. The molecule has 9 heteroatoms. The summed E-state index contributed by atoms with van der Waals surface area (Å²) in [7, 11) is 5.68. The third-order valence-electron chi connectivity index (χ3n) is 6.06. The molecule has 1 saturated heterocycles. The van der Waals surface area contributed by atoms with E-state index in [1.165, 1.54) is 51.5 Å². The van der Waals surface area contributed by atoms with Gasteiger partial charge in [-0.3, -0.25) is 14.5 Å². The number of aliphatic hydroxyl groups excluding tert-OH is 1. The van der Waals surface area contributed by atoms with Crippen LogP contribution in [0.25, 0.3) is 5.76 Å². The molecule has 0 radical (unpaired) electrons. The first-order chi connectivity index (χ1) is 17.8. The lowest BCUT2D eigenvalue weighted by molar-refractivity contribution is -0.132. The average molecular weight is 504 g/mol. The van der Waals surface area contributed by atoms with Crippen molar-refractivity contribution in [1.82, 2.24) is 0 Å². The highest BCUT2D eigenvalue weighted by molar-refractivity contribution is 6.51. The van der Waals surface area contributed by atoms with Gasteiger partial charge in [-0.05, 0) is 54.1 Å². The number of rotatable bonds is 7. The fourth-order valence-corrected chi connectivity index (χ4v) is 4.27. The molecule has 3 aromatic carbocycles. The van der Waals surface area contributed by atoms with Crippen LogP contribution in [0.1, 0.15) is 27.5 Å². The number of methoxy groups -OCH3 is 4. The zero-order valence-corrected chi connectivity index (χ0v) is 20.7. The van der Waals surface area contributed by atoms with Crippen molar-refractivity contribution in [1.29, 1.82) is 0 Å². The molecular weight excluding hydrogens is 478 g/mol. The van der Waals surface area contributed by atoms with Crippen molar-refractivity contribution in [3.8, 4) is 17.2 Å². The summed E-state index contributed by atoms with van der Waals surface area (Å²) in [6.07, 6.45) is 0. The molecule has 1 aliphatic rings. The Morgan fingerprint density at radius 2 is 1.54 bits per heavy atom. The van der Waals surface area contributed by atoms with E-state index in [0.29, 0.717) is 22.8 Å². The average Bonchev–Trinajstić information content (AvgIpc) is 3.21. The molecule has 1 fully saturated rings. The van der Waals surface area contributed by atoms with Gasteiger partial charge in [-0.25, -0.2) is 4.79 Å². The van der Waals surface area contributed by atoms with Crippen LogP contribution in [0.3, 0.4) is 0 Å². The number of nitrogens with zero attached hydrogens (tertiary/aromatic N) is 1. The van der Waals surface area contributed by atoms with Crippen LogP contribution < -0.4 is 19.1 Å². The summed E-state index contributed by atoms with van der Waals surface area (Å²) in [4.78, 5) is 40.2. The van der Waals surface area contributed by atoms with Crippen LogP contribution in [0.15, 0.2) is 72.3 Å². The molecule has 0 saturated carbocycles. The number of amides is 1. The molecule has 1 atom stereocenters. The van der Waals surface area contributed by atoms with Gasteiger partial charge >= 0.3 is 5.97 Å². The maximum Gasteiger partial charge on any atom is 0.337 e. The number of benzene rings is 3. The number of esters is 1. The largest absolute Gasteiger partial charge is 0.507 e. The summed E-state index contributed by atoms with van der Waals surface area (Å²) in [6.45, 7) is 0. The summed E-state index contributed by atoms with van der Waals surface area (Å²) in [5.74, 6) is -1.47. The highest BCUT2D eigenvalue weighted by Crippen LogP contribution is 2.43. The normalized spacial score (nSPS) is 16.4. The van der Waals surface area contributed by atoms with Gasteiger partial charge in [0.2, 0.25) is 0 Å². The molecule has 3 aromatic rings. The Morgan fingerprint density at radius 1 is 0.811 bits per heavy atom. The number of aliphatic hydroxyl groups is 1. The van der Waals surface area contributed by atoms with Gasteiger partial charge in [-0.2, -0.15) is 0 Å². The van der Waals surface area contributed by atoms with Crippen molar-refractivity contribution in [2.45, 2.75) is 6.04 Å². The number of carbonyl (C=O) groups excluding carboxylic acids is 3.